The van der Waals surface area contributed by atoms with Gasteiger partial charge in [0.05, 0.1) is 13.2 Å². The first-order valence-corrected chi connectivity index (χ1v) is 6.60. The Hall–Kier alpha value is -0.540. The summed E-state index contributed by atoms with van der Waals surface area (Å²) in [5.74, 6) is 0.551. The van der Waals surface area contributed by atoms with Crippen LogP contribution < -0.4 is 4.90 Å². The normalized spacial score (nSPS) is 16.9. The molecule has 0 amide bonds. The molecule has 2 rings (SSSR count). The minimum Gasteiger partial charge on any atom is -0.378 e. The second-order valence-corrected chi connectivity index (χ2v) is 5.31. The van der Waals surface area contributed by atoms with E-state index >= 15 is 0 Å². The second-order valence-electron chi connectivity index (χ2n) is 4.46. The number of morpholine rings is 1. The SMILES string of the molecule is CC(C)c1cc(N2CCOCC2)ccc1Br. The summed E-state index contributed by atoms with van der Waals surface area (Å²) in [5.41, 5.74) is 2.69. The van der Waals surface area contributed by atoms with Gasteiger partial charge in [-0.15, -0.1) is 0 Å². The van der Waals surface area contributed by atoms with Gasteiger partial charge in [-0.25, -0.2) is 0 Å². The fourth-order valence-corrected chi connectivity index (χ4v) is 2.70. The van der Waals surface area contributed by atoms with Crippen molar-refractivity contribution in [2.75, 3.05) is 31.2 Å². The van der Waals surface area contributed by atoms with E-state index in [2.05, 4.69) is 52.9 Å². The zero-order valence-corrected chi connectivity index (χ0v) is 11.5. The standard InChI is InChI=1S/C13H18BrNO/c1-10(2)12-9-11(3-4-13(12)14)15-5-7-16-8-6-15/h3-4,9-10H,5-8H2,1-2H3. The molecular weight excluding hydrogens is 266 g/mol. The van der Waals surface area contributed by atoms with Crippen molar-refractivity contribution in [3.63, 3.8) is 0 Å². The maximum absolute atomic E-state index is 5.37. The van der Waals surface area contributed by atoms with E-state index in [1.165, 1.54) is 15.7 Å². The van der Waals surface area contributed by atoms with Gasteiger partial charge in [-0.2, -0.15) is 0 Å². The molecule has 1 aliphatic heterocycles. The number of ether oxygens (including phenoxy) is 1. The van der Waals surface area contributed by atoms with Crippen molar-refractivity contribution < 1.29 is 4.74 Å². The van der Waals surface area contributed by atoms with Crippen LogP contribution in [0.25, 0.3) is 0 Å². The Balaban J connectivity index is 2.24. The summed E-state index contributed by atoms with van der Waals surface area (Å²) in [6.07, 6.45) is 0. The number of halogens is 1. The van der Waals surface area contributed by atoms with E-state index in [0.29, 0.717) is 5.92 Å². The molecule has 3 heteroatoms. The Morgan fingerprint density at radius 1 is 1.25 bits per heavy atom. The summed E-state index contributed by atoms with van der Waals surface area (Å²) in [4.78, 5) is 2.39. The Morgan fingerprint density at radius 2 is 1.94 bits per heavy atom. The number of hydrogen-bond acceptors (Lipinski definition) is 2. The lowest BCUT2D eigenvalue weighted by Crippen LogP contribution is -2.36. The summed E-state index contributed by atoms with van der Waals surface area (Å²) >= 11 is 3.61. The monoisotopic (exact) mass is 283 g/mol. The molecule has 88 valence electrons. The zero-order valence-electron chi connectivity index (χ0n) is 9.87. The van der Waals surface area contributed by atoms with Crippen LogP contribution in [0, 0.1) is 0 Å². The molecule has 16 heavy (non-hydrogen) atoms. The van der Waals surface area contributed by atoms with Crippen LogP contribution >= 0.6 is 15.9 Å². The van der Waals surface area contributed by atoms with Crippen LogP contribution in [0.4, 0.5) is 5.69 Å². The van der Waals surface area contributed by atoms with E-state index in [9.17, 15) is 0 Å². The highest BCUT2D eigenvalue weighted by Gasteiger charge is 2.13. The predicted octanol–water partition coefficient (Wildman–Crippen LogP) is 3.41. The fourth-order valence-electron chi connectivity index (χ4n) is 1.99. The van der Waals surface area contributed by atoms with Crippen molar-refractivity contribution in [1.82, 2.24) is 0 Å². The van der Waals surface area contributed by atoms with E-state index < -0.39 is 0 Å². The first-order valence-electron chi connectivity index (χ1n) is 5.80. The molecule has 0 radical (unpaired) electrons. The molecule has 2 nitrogen and oxygen atoms in total. The van der Waals surface area contributed by atoms with E-state index in [0.717, 1.165) is 26.3 Å². The Kier molecular flexibility index (Phi) is 3.87. The molecule has 1 aromatic rings. The van der Waals surface area contributed by atoms with Gasteiger partial charge in [0.15, 0.2) is 0 Å². The molecule has 0 unspecified atom stereocenters. The van der Waals surface area contributed by atoms with Gasteiger partial charge >= 0.3 is 0 Å². The number of anilines is 1. The molecule has 0 aliphatic carbocycles. The summed E-state index contributed by atoms with van der Waals surface area (Å²) in [6.45, 7) is 8.13. The van der Waals surface area contributed by atoms with Crippen molar-refractivity contribution in [3.8, 4) is 0 Å². The Labute approximate surface area is 106 Å². The van der Waals surface area contributed by atoms with Crippen LogP contribution in [0.2, 0.25) is 0 Å². The van der Waals surface area contributed by atoms with Gasteiger partial charge in [0.25, 0.3) is 0 Å². The minimum absolute atomic E-state index is 0.551. The first kappa shape index (κ1) is 11.9. The molecule has 1 fully saturated rings. The van der Waals surface area contributed by atoms with Crippen LogP contribution in [-0.2, 0) is 4.74 Å². The zero-order chi connectivity index (χ0) is 11.5. The lowest BCUT2D eigenvalue weighted by atomic mass is 10.0. The highest BCUT2D eigenvalue weighted by Crippen LogP contribution is 2.29. The summed E-state index contributed by atoms with van der Waals surface area (Å²) in [7, 11) is 0. The molecule has 1 saturated heterocycles. The third-order valence-corrected chi connectivity index (χ3v) is 3.70. The molecule has 0 N–H and O–H groups in total. The Morgan fingerprint density at radius 3 is 2.56 bits per heavy atom. The number of benzene rings is 1. The third-order valence-electron chi connectivity index (χ3n) is 2.98. The number of nitrogens with zero attached hydrogens (tertiary/aromatic N) is 1. The average molecular weight is 284 g/mol. The third kappa shape index (κ3) is 2.58. The highest BCUT2D eigenvalue weighted by molar-refractivity contribution is 9.10. The van der Waals surface area contributed by atoms with Crippen molar-refractivity contribution in [2.24, 2.45) is 0 Å². The number of hydrogen-bond donors (Lipinski definition) is 0. The molecule has 0 atom stereocenters. The molecule has 0 spiro atoms. The lowest BCUT2D eigenvalue weighted by Gasteiger charge is -2.29. The van der Waals surface area contributed by atoms with Crippen LogP contribution in [0.5, 0.6) is 0 Å². The van der Waals surface area contributed by atoms with Gasteiger partial charge in [0.2, 0.25) is 0 Å². The largest absolute Gasteiger partial charge is 0.378 e. The van der Waals surface area contributed by atoms with E-state index in [4.69, 9.17) is 4.74 Å². The summed E-state index contributed by atoms with van der Waals surface area (Å²) < 4.78 is 6.58. The fraction of sp³-hybridized carbons (Fsp3) is 0.538. The van der Waals surface area contributed by atoms with E-state index in [1.807, 2.05) is 0 Å². The van der Waals surface area contributed by atoms with Gasteiger partial charge in [-0.1, -0.05) is 29.8 Å². The predicted molar refractivity (Wildman–Crippen MR) is 71.3 cm³/mol. The van der Waals surface area contributed by atoms with Gasteiger partial charge in [-0.05, 0) is 29.7 Å². The molecule has 0 saturated carbocycles. The maximum Gasteiger partial charge on any atom is 0.0642 e. The Bertz CT molecular complexity index is 359. The lowest BCUT2D eigenvalue weighted by molar-refractivity contribution is 0.122. The highest BCUT2D eigenvalue weighted by atomic mass is 79.9. The molecular formula is C13H18BrNO. The van der Waals surface area contributed by atoms with Gasteiger partial charge < -0.3 is 9.64 Å². The molecule has 1 aliphatic rings. The quantitative estimate of drug-likeness (QED) is 0.825. The van der Waals surface area contributed by atoms with Crippen LogP contribution in [0.15, 0.2) is 22.7 Å². The van der Waals surface area contributed by atoms with Crippen LogP contribution in [0.1, 0.15) is 25.3 Å². The molecule has 0 aromatic heterocycles. The molecule has 0 bridgehead atoms. The summed E-state index contributed by atoms with van der Waals surface area (Å²) in [6, 6.07) is 6.63. The van der Waals surface area contributed by atoms with Crippen LogP contribution in [-0.4, -0.2) is 26.3 Å². The first-order chi connectivity index (χ1) is 7.68. The van der Waals surface area contributed by atoms with Gasteiger partial charge in [0.1, 0.15) is 0 Å². The van der Waals surface area contributed by atoms with Gasteiger partial charge in [0, 0.05) is 23.2 Å². The maximum atomic E-state index is 5.37. The van der Waals surface area contributed by atoms with Crippen molar-refractivity contribution in [2.45, 2.75) is 19.8 Å². The molecule has 1 heterocycles. The minimum atomic E-state index is 0.551. The smallest absolute Gasteiger partial charge is 0.0642 e. The van der Waals surface area contributed by atoms with Crippen molar-refractivity contribution in [1.29, 1.82) is 0 Å². The molecule has 1 aromatic carbocycles. The number of rotatable bonds is 2. The average Bonchev–Trinajstić information content (AvgIpc) is 2.30. The van der Waals surface area contributed by atoms with Gasteiger partial charge in [-0.3, -0.25) is 0 Å². The van der Waals surface area contributed by atoms with Crippen molar-refractivity contribution >= 4 is 21.6 Å². The van der Waals surface area contributed by atoms with E-state index in [-0.39, 0.29) is 0 Å². The van der Waals surface area contributed by atoms with E-state index in [1.54, 1.807) is 0 Å². The second kappa shape index (κ2) is 5.19. The van der Waals surface area contributed by atoms with Crippen LogP contribution in [0.3, 0.4) is 0 Å². The topological polar surface area (TPSA) is 12.5 Å². The van der Waals surface area contributed by atoms with Crippen molar-refractivity contribution in [3.05, 3.63) is 28.2 Å². The summed E-state index contributed by atoms with van der Waals surface area (Å²) in [5, 5.41) is 0.